The lowest BCUT2D eigenvalue weighted by Crippen LogP contribution is -1.91. The van der Waals surface area contributed by atoms with Crippen LogP contribution in [0.2, 0.25) is 0 Å². The molecule has 0 N–H and O–H groups in total. The van der Waals surface area contributed by atoms with Crippen molar-refractivity contribution in [1.29, 1.82) is 0 Å². The highest BCUT2D eigenvalue weighted by atomic mass is 32.1. The smallest absolute Gasteiger partial charge is 0.119 e. The van der Waals surface area contributed by atoms with Crippen LogP contribution < -0.4 is 4.74 Å². The molecule has 2 nitrogen and oxygen atoms in total. The highest BCUT2D eigenvalue weighted by molar-refractivity contribution is 7.09. The van der Waals surface area contributed by atoms with Crippen LogP contribution in [-0.2, 0) is 0 Å². The second-order valence-corrected chi connectivity index (χ2v) is 4.83. The maximum Gasteiger partial charge on any atom is 0.119 e. The Hall–Kier alpha value is -1.87. The zero-order valence-electron chi connectivity index (χ0n) is 10.1. The minimum Gasteiger partial charge on any atom is -0.494 e. The number of hydrogen-bond donors (Lipinski definition) is 0. The monoisotopic (exact) mass is 255 g/mol. The Morgan fingerprint density at radius 3 is 2.89 bits per heavy atom. The van der Waals surface area contributed by atoms with Gasteiger partial charge in [-0.1, -0.05) is 24.3 Å². The molecular weight excluding hydrogens is 242 g/mol. The predicted molar refractivity (Wildman–Crippen MR) is 76.2 cm³/mol. The van der Waals surface area contributed by atoms with Gasteiger partial charge in [0.05, 0.1) is 11.5 Å². The zero-order chi connectivity index (χ0) is 12.4. The molecule has 0 amide bonds. The lowest BCUT2D eigenvalue weighted by atomic mass is 10.0. The molecule has 2 aromatic carbocycles. The Labute approximate surface area is 110 Å². The average molecular weight is 255 g/mol. The molecule has 90 valence electrons. The summed E-state index contributed by atoms with van der Waals surface area (Å²) in [6.45, 7) is 2.69. The molecule has 0 spiro atoms. The fourth-order valence-electron chi connectivity index (χ4n) is 2.08. The number of aromatic nitrogens is 1. The van der Waals surface area contributed by atoms with Crippen LogP contribution in [0.3, 0.4) is 0 Å². The Bertz CT molecular complexity index is 661. The average Bonchev–Trinajstić information content (AvgIpc) is 2.92. The molecular formula is C15H13NOS. The number of nitrogens with zero attached hydrogens (tertiary/aromatic N) is 1. The number of benzene rings is 2. The van der Waals surface area contributed by atoms with E-state index < -0.39 is 0 Å². The molecule has 3 rings (SSSR count). The minimum atomic E-state index is 0.689. The SMILES string of the molecule is CCOc1ccc2cccc(-c3ccns3)c2c1. The fourth-order valence-corrected chi connectivity index (χ4v) is 2.71. The maximum atomic E-state index is 5.57. The fraction of sp³-hybridized carbons (Fsp3) is 0.133. The molecule has 0 bridgehead atoms. The molecule has 0 aliphatic heterocycles. The van der Waals surface area contributed by atoms with Crippen molar-refractivity contribution in [3.05, 3.63) is 48.7 Å². The molecule has 0 fully saturated rings. The molecule has 3 heteroatoms. The number of rotatable bonds is 3. The molecule has 0 aliphatic rings. The normalized spacial score (nSPS) is 10.7. The van der Waals surface area contributed by atoms with Gasteiger partial charge in [0, 0.05) is 11.8 Å². The summed E-state index contributed by atoms with van der Waals surface area (Å²) in [6.07, 6.45) is 1.84. The summed E-state index contributed by atoms with van der Waals surface area (Å²) in [4.78, 5) is 1.19. The first-order valence-electron chi connectivity index (χ1n) is 5.95. The van der Waals surface area contributed by atoms with Crippen molar-refractivity contribution in [1.82, 2.24) is 4.37 Å². The quantitative estimate of drug-likeness (QED) is 0.693. The first kappa shape index (κ1) is 11.2. The Kier molecular flexibility index (Phi) is 2.99. The van der Waals surface area contributed by atoms with Gasteiger partial charge in [-0.3, -0.25) is 0 Å². The van der Waals surface area contributed by atoms with Crippen LogP contribution in [0.1, 0.15) is 6.92 Å². The number of ether oxygens (including phenoxy) is 1. The molecule has 0 radical (unpaired) electrons. The van der Waals surface area contributed by atoms with E-state index in [9.17, 15) is 0 Å². The van der Waals surface area contributed by atoms with Crippen molar-refractivity contribution in [2.24, 2.45) is 0 Å². The van der Waals surface area contributed by atoms with E-state index in [1.165, 1.54) is 32.7 Å². The second-order valence-electron chi connectivity index (χ2n) is 4.00. The molecule has 0 saturated heterocycles. The van der Waals surface area contributed by atoms with Crippen molar-refractivity contribution in [2.75, 3.05) is 6.61 Å². The largest absolute Gasteiger partial charge is 0.494 e. The number of hydrogen-bond acceptors (Lipinski definition) is 3. The molecule has 0 aliphatic carbocycles. The topological polar surface area (TPSA) is 22.1 Å². The van der Waals surface area contributed by atoms with E-state index in [0.29, 0.717) is 6.61 Å². The molecule has 0 atom stereocenters. The van der Waals surface area contributed by atoms with Gasteiger partial charge in [0.2, 0.25) is 0 Å². The van der Waals surface area contributed by atoms with Crippen molar-refractivity contribution in [3.8, 4) is 16.2 Å². The van der Waals surface area contributed by atoms with E-state index in [1.54, 1.807) is 0 Å². The van der Waals surface area contributed by atoms with Crippen LogP contribution in [0.5, 0.6) is 5.75 Å². The summed E-state index contributed by atoms with van der Waals surface area (Å²) < 4.78 is 9.75. The van der Waals surface area contributed by atoms with Gasteiger partial charge in [-0.15, -0.1) is 0 Å². The van der Waals surface area contributed by atoms with Gasteiger partial charge in [-0.2, -0.15) is 0 Å². The van der Waals surface area contributed by atoms with E-state index in [4.69, 9.17) is 4.74 Å². The predicted octanol–water partition coefficient (Wildman–Crippen LogP) is 4.36. The van der Waals surface area contributed by atoms with Crippen LogP contribution in [0.25, 0.3) is 21.2 Å². The van der Waals surface area contributed by atoms with E-state index >= 15 is 0 Å². The van der Waals surface area contributed by atoms with Crippen molar-refractivity contribution in [3.63, 3.8) is 0 Å². The van der Waals surface area contributed by atoms with Crippen molar-refractivity contribution < 1.29 is 4.74 Å². The third-order valence-electron chi connectivity index (χ3n) is 2.87. The molecule has 0 saturated carbocycles. The van der Waals surface area contributed by atoms with Crippen LogP contribution in [0.15, 0.2) is 48.7 Å². The maximum absolute atomic E-state index is 5.57. The van der Waals surface area contributed by atoms with Crippen LogP contribution >= 0.6 is 11.5 Å². The van der Waals surface area contributed by atoms with Gasteiger partial charge >= 0.3 is 0 Å². The van der Waals surface area contributed by atoms with Gasteiger partial charge in [0.1, 0.15) is 5.75 Å². The van der Waals surface area contributed by atoms with Gasteiger partial charge in [-0.05, 0) is 47.4 Å². The minimum absolute atomic E-state index is 0.689. The molecule has 0 unspecified atom stereocenters. The highest BCUT2D eigenvalue weighted by Crippen LogP contribution is 2.32. The van der Waals surface area contributed by atoms with Gasteiger partial charge < -0.3 is 4.74 Å². The van der Waals surface area contributed by atoms with Gasteiger partial charge in [-0.25, -0.2) is 4.37 Å². The van der Waals surface area contributed by atoms with E-state index in [2.05, 4.69) is 34.7 Å². The Morgan fingerprint density at radius 2 is 2.11 bits per heavy atom. The third kappa shape index (κ3) is 1.97. The third-order valence-corrected chi connectivity index (χ3v) is 3.65. The Morgan fingerprint density at radius 1 is 1.17 bits per heavy atom. The highest BCUT2D eigenvalue weighted by Gasteiger charge is 2.06. The van der Waals surface area contributed by atoms with Crippen molar-refractivity contribution in [2.45, 2.75) is 6.92 Å². The summed E-state index contributed by atoms with van der Waals surface area (Å²) in [6, 6.07) is 14.6. The first-order chi connectivity index (χ1) is 8.88. The van der Waals surface area contributed by atoms with E-state index in [0.717, 1.165) is 5.75 Å². The van der Waals surface area contributed by atoms with E-state index in [-0.39, 0.29) is 0 Å². The van der Waals surface area contributed by atoms with Crippen LogP contribution in [0, 0.1) is 0 Å². The molecule has 3 aromatic rings. The van der Waals surface area contributed by atoms with Gasteiger partial charge in [0.25, 0.3) is 0 Å². The second kappa shape index (κ2) is 4.78. The summed E-state index contributed by atoms with van der Waals surface area (Å²) in [5, 5.41) is 2.44. The summed E-state index contributed by atoms with van der Waals surface area (Å²) in [7, 11) is 0. The molecule has 18 heavy (non-hydrogen) atoms. The molecule has 1 heterocycles. The lowest BCUT2D eigenvalue weighted by molar-refractivity contribution is 0.341. The molecule has 1 aromatic heterocycles. The summed E-state index contributed by atoms with van der Waals surface area (Å²) in [5.74, 6) is 0.918. The standard InChI is InChI=1S/C15H13NOS/c1-2-17-12-7-6-11-4-3-5-13(14(11)10-12)15-8-9-16-18-15/h3-10H,2H2,1H3. The van der Waals surface area contributed by atoms with Crippen molar-refractivity contribution >= 4 is 22.3 Å². The Balaban J connectivity index is 2.22. The zero-order valence-corrected chi connectivity index (χ0v) is 10.9. The summed E-state index contributed by atoms with van der Waals surface area (Å²) in [5.41, 5.74) is 1.22. The van der Waals surface area contributed by atoms with Crippen LogP contribution in [0.4, 0.5) is 0 Å². The lowest BCUT2D eigenvalue weighted by Gasteiger charge is -2.07. The first-order valence-corrected chi connectivity index (χ1v) is 6.72. The number of fused-ring (bicyclic) bond motifs is 1. The van der Waals surface area contributed by atoms with Gasteiger partial charge in [0.15, 0.2) is 0 Å². The summed E-state index contributed by atoms with van der Waals surface area (Å²) >= 11 is 1.52. The van der Waals surface area contributed by atoms with E-state index in [1.807, 2.05) is 25.3 Å². The van der Waals surface area contributed by atoms with Crippen LogP contribution in [-0.4, -0.2) is 11.0 Å².